The van der Waals surface area contributed by atoms with Crippen LogP contribution in [0.2, 0.25) is 5.02 Å². The molecule has 0 radical (unpaired) electrons. The molecule has 1 heterocycles. The van der Waals surface area contributed by atoms with Crippen molar-refractivity contribution in [3.8, 4) is 0 Å². The van der Waals surface area contributed by atoms with Gasteiger partial charge in [-0.2, -0.15) is 0 Å². The molecule has 1 N–H and O–H groups in total. The Labute approximate surface area is 125 Å². The fraction of sp³-hybridized carbons (Fsp3) is 0.200. The second-order valence-corrected chi connectivity index (χ2v) is 4.78. The first-order valence-corrected chi connectivity index (χ1v) is 6.21. The summed E-state index contributed by atoms with van der Waals surface area (Å²) >= 11 is 5.77. The highest BCUT2D eigenvalue weighted by Gasteiger charge is 2.19. The van der Waals surface area contributed by atoms with Gasteiger partial charge in [0.15, 0.2) is 0 Å². The standard InChI is InChI=1S/C15H14ClNO3/c1-9-7-12(8-13(18)19)17(2)14(9)15(20)10-3-5-11(16)6-4-10/h3-7H,8H2,1-2H3,(H,18,19)/i3T,4T,7T. The minimum absolute atomic E-state index is 0.0229. The van der Waals surface area contributed by atoms with Gasteiger partial charge < -0.3 is 9.67 Å². The van der Waals surface area contributed by atoms with Crippen LogP contribution in [-0.4, -0.2) is 21.4 Å². The highest BCUT2D eigenvalue weighted by Crippen LogP contribution is 2.20. The number of carbonyl (C=O) groups is 2. The Kier molecular flexibility index (Phi) is 2.94. The van der Waals surface area contributed by atoms with Crippen LogP contribution in [0.25, 0.3) is 0 Å². The minimum Gasteiger partial charge on any atom is -0.481 e. The van der Waals surface area contributed by atoms with E-state index < -0.39 is 11.8 Å². The largest absolute Gasteiger partial charge is 0.481 e. The normalized spacial score (nSPS) is 12.7. The second-order valence-electron chi connectivity index (χ2n) is 4.34. The summed E-state index contributed by atoms with van der Waals surface area (Å²) in [5, 5.41) is 9.12. The summed E-state index contributed by atoms with van der Waals surface area (Å²) in [7, 11) is 1.50. The molecule has 0 spiro atoms. The Hall–Kier alpha value is -2.07. The monoisotopic (exact) mass is 297 g/mol. The van der Waals surface area contributed by atoms with E-state index in [1.807, 2.05) is 0 Å². The third-order valence-electron chi connectivity index (χ3n) is 2.90. The zero-order chi connectivity index (χ0) is 17.5. The highest BCUT2D eigenvalue weighted by molar-refractivity contribution is 6.30. The molecule has 0 saturated carbocycles. The molecule has 0 amide bonds. The van der Waals surface area contributed by atoms with Gasteiger partial charge >= 0.3 is 5.97 Å². The van der Waals surface area contributed by atoms with Crippen LogP contribution in [0.15, 0.2) is 30.3 Å². The maximum Gasteiger partial charge on any atom is 0.309 e. The molecule has 0 fully saturated rings. The molecule has 1 aromatic carbocycles. The molecular weight excluding hydrogens is 278 g/mol. The first-order valence-electron chi connectivity index (χ1n) is 7.33. The van der Waals surface area contributed by atoms with Gasteiger partial charge in [0.05, 0.1) is 16.2 Å². The van der Waals surface area contributed by atoms with Gasteiger partial charge in [-0.1, -0.05) is 11.6 Å². The zero-order valence-electron chi connectivity index (χ0n) is 14.0. The lowest BCUT2D eigenvalue weighted by Gasteiger charge is -2.07. The van der Waals surface area contributed by atoms with Crippen LogP contribution >= 0.6 is 11.6 Å². The summed E-state index contributed by atoms with van der Waals surface area (Å²) in [5.41, 5.74) is 0.503. The molecular formula is C15H14ClNO3. The third kappa shape index (κ3) is 2.75. The van der Waals surface area contributed by atoms with E-state index in [-0.39, 0.29) is 46.5 Å². The van der Waals surface area contributed by atoms with Gasteiger partial charge in [0.1, 0.15) is 0 Å². The number of carbonyl (C=O) groups excluding carboxylic acids is 1. The van der Waals surface area contributed by atoms with Crippen molar-refractivity contribution in [1.29, 1.82) is 0 Å². The van der Waals surface area contributed by atoms with E-state index >= 15 is 0 Å². The summed E-state index contributed by atoms with van der Waals surface area (Å²) in [6, 6.07) is 2.15. The summed E-state index contributed by atoms with van der Waals surface area (Å²) < 4.78 is 25.1. The number of hydrogen-bond donors (Lipinski definition) is 1. The van der Waals surface area contributed by atoms with Crippen LogP contribution < -0.4 is 0 Å². The number of aromatic nitrogens is 1. The number of ketones is 1. The smallest absolute Gasteiger partial charge is 0.309 e. The molecule has 4 nitrogen and oxygen atoms in total. The number of rotatable bonds is 4. The van der Waals surface area contributed by atoms with Crippen molar-refractivity contribution in [2.45, 2.75) is 13.3 Å². The maximum atomic E-state index is 12.8. The lowest BCUT2D eigenvalue weighted by atomic mass is 10.1. The molecule has 2 rings (SSSR count). The van der Waals surface area contributed by atoms with E-state index in [1.54, 1.807) is 6.92 Å². The van der Waals surface area contributed by atoms with Crippen LogP contribution in [0.1, 0.15) is 31.4 Å². The average molecular weight is 298 g/mol. The molecule has 1 aromatic heterocycles. The molecule has 20 heavy (non-hydrogen) atoms. The fourth-order valence-corrected chi connectivity index (χ4v) is 2.10. The first-order chi connectivity index (χ1) is 10.6. The summed E-state index contributed by atoms with van der Waals surface area (Å²) in [6.45, 7) is 1.55. The van der Waals surface area contributed by atoms with E-state index in [1.165, 1.54) is 23.7 Å². The summed E-state index contributed by atoms with van der Waals surface area (Å²) in [6.07, 6.45) is -0.383. The Balaban J connectivity index is 2.64. The van der Waals surface area contributed by atoms with Gasteiger partial charge in [-0.05, 0) is 42.7 Å². The zero-order valence-corrected chi connectivity index (χ0v) is 11.7. The Morgan fingerprint density at radius 1 is 1.40 bits per heavy atom. The van der Waals surface area contributed by atoms with Crippen LogP contribution in [-0.2, 0) is 18.3 Å². The van der Waals surface area contributed by atoms with Crippen molar-refractivity contribution in [2.24, 2.45) is 7.05 Å². The molecule has 0 bridgehead atoms. The van der Waals surface area contributed by atoms with Crippen LogP contribution in [0.4, 0.5) is 0 Å². The third-order valence-corrected chi connectivity index (χ3v) is 3.12. The van der Waals surface area contributed by atoms with Gasteiger partial charge in [-0.15, -0.1) is 0 Å². The number of aliphatic carboxylic acids is 1. The summed E-state index contributed by atoms with van der Waals surface area (Å²) in [4.78, 5) is 23.7. The van der Waals surface area contributed by atoms with Crippen molar-refractivity contribution < 1.29 is 18.8 Å². The first kappa shape index (κ1) is 10.7. The molecule has 0 atom stereocenters. The van der Waals surface area contributed by atoms with Crippen LogP contribution in [0, 0.1) is 6.92 Å². The van der Waals surface area contributed by atoms with Crippen molar-refractivity contribution in [3.05, 3.63) is 57.8 Å². The lowest BCUT2D eigenvalue weighted by molar-refractivity contribution is -0.136. The average Bonchev–Trinajstić information content (AvgIpc) is 2.61. The fourth-order valence-electron chi connectivity index (χ4n) is 1.99. The molecule has 0 aliphatic rings. The van der Waals surface area contributed by atoms with Crippen molar-refractivity contribution >= 4 is 23.4 Å². The van der Waals surface area contributed by atoms with Crippen molar-refractivity contribution in [2.75, 3.05) is 0 Å². The Morgan fingerprint density at radius 2 is 2.00 bits per heavy atom. The van der Waals surface area contributed by atoms with Crippen molar-refractivity contribution in [1.82, 2.24) is 4.57 Å². The van der Waals surface area contributed by atoms with Crippen molar-refractivity contribution in [3.63, 3.8) is 0 Å². The molecule has 5 heteroatoms. The molecule has 0 saturated heterocycles. The van der Waals surface area contributed by atoms with Gasteiger partial charge in [0, 0.05) is 23.3 Å². The quantitative estimate of drug-likeness (QED) is 0.883. The Bertz CT molecular complexity index is 807. The number of benzene rings is 1. The molecule has 2 aromatic rings. The minimum atomic E-state index is -1.10. The number of nitrogens with zero attached hydrogens (tertiary/aromatic N) is 1. The maximum absolute atomic E-state index is 12.8. The second kappa shape index (κ2) is 5.51. The Morgan fingerprint density at radius 3 is 2.55 bits per heavy atom. The number of carboxylic acids is 1. The molecule has 0 unspecified atom stereocenters. The van der Waals surface area contributed by atoms with E-state index in [9.17, 15) is 9.59 Å². The SMILES string of the molecule is [3H]c1cc(Cl)cc([3H])c1C(=O)c1c(C)c([3H])c(CC(=O)O)n1C. The molecule has 0 aliphatic carbocycles. The predicted octanol–water partition coefficient (Wildman–Crippen LogP) is 2.85. The van der Waals surface area contributed by atoms with Gasteiger partial charge in [0.2, 0.25) is 5.78 Å². The number of hydrogen-bond acceptors (Lipinski definition) is 2. The highest BCUT2D eigenvalue weighted by atomic mass is 35.5. The van der Waals surface area contributed by atoms with E-state index in [0.29, 0.717) is 5.56 Å². The van der Waals surface area contributed by atoms with Crippen LogP contribution in [0.3, 0.4) is 0 Å². The molecule has 0 aliphatic heterocycles. The lowest BCUT2D eigenvalue weighted by Crippen LogP contribution is -2.12. The summed E-state index contributed by atoms with van der Waals surface area (Å²) in [5.74, 6) is -1.70. The van der Waals surface area contributed by atoms with E-state index in [4.69, 9.17) is 20.8 Å². The van der Waals surface area contributed by atoms with Gasteiger partial charge in [0.25, 0.3) is 0 Å². The predicted molar refractivity (Wildman–Crippen MR) is 76.4 cm³/mol. The van der Waals surface area contributed by atoms with Gasteiger partial charge in [-0.3, -0.25) is 9.59 Å². The number of carboxylic acid groups (broad SMARTS) is 1. The number of halogens is 1. The van der Waals surface area contributed by atoms with Crippen LogP contribution in [0.5, 0.6) is 0 Å². The van der Waals surface area contributed by atoms with E-state index in [0.717, 1.165) is 0 Å². The van der Waals surface area contributed by atoms with E-state index in [2.05, 4.69) is 0 Å². The topological polar surface area (TPSA) is 59.3 Å². The molecule has 104 valence electrons. The van der Waals surface area contributed by atoms with Gasteiger partial charge in [-0.25, -0.2) is 0 Å².